The topological polar surface area (TPSA) is 71.0 Å². The van der Waals surface area contributed by atoms with Crippen molar-refractivity contribution in [3.8, 4) is 11.1 Å². The number of nitrogens with two attached hydrogens (primary N) is 1. The quantitative estimate of drug-likeness (QED) is 0.763. The monoisotopic (exact) mass is 395 g/mol. The third-order valence-electron chi connectivity index (χ3n) is 6.84. The van der Waals surface area contributed by atoms with E-state index in [-0.39, 0.29) is 11.5 Å². The lowest BCUT2D eigenvalue weighted by atomic mass is 9.65. The van der Waals surface area contributed by atoms with Gasteiger partial charge in [-0.05, 0) is 73.9 Å². The van der Waals surface area contributed by atoms with Crippen molar-refractivity contribution in [2.75, 3.05) is 0 Å². The number of halogens is 2. The molecular weight excluding hydrogens is 372 g/mol. The SMILES string of the molecule is CC1=NC2(N=C1N)c1cc(-c3cc(F)cc(F)c3)ccc1CC21CCC(O)CC1. The van der Waals surface area contributed by atoms with Crippen LogP contribution in [0.1, 0.15) is 43.7 Å². The predicted molar refractivity (Wildman–Crippen MR) is 109 cm³/mol. The standard InChI is InChI=1S/C23H23F2N3O/c1-13-21(26)28-23(27-13)20-10-14(16-8-17(24)11-18(25)9-16)2-3-15(20)12-22(23)6-4-19(29)5-7-22/h2-3,8-11,19,29H,4-7,12H2,1H3,(H2,26,28). The number of aliphatic imine (C=N–C) groups is 2. The van der Waals surface area contributed by atoms with Crippen molar-refractivity contribution in [1.29, 1.82) is 0 Å². The summed E-state index contributed by atoms with van der Waals surface area (Å²) in [5.74, 6) is -0.777. The first-order chi connectivity index (χ1) is 13.8. The molecule has 6 heteroatoms. The molecule has 0 bridgehead atoms. The molecule has 0 aromatic heterocycles. The van der Waals surface area contributed by atoms with Gasteiger partial charge in [0.05, 0.1) is 11.8 Å². The number of aliphatic hydroxyl groups excluding tert-OH is 1. The van der Waals surface area contributed by atoms with Crippen molar-refractivity contribution in [1.82, 2.24) is 0 Å². The lowest BCUT2D eigenvalue weighted by Gasteiger charge is -2.44. The lowest BCUT2D eigenvalue weighted by Crippen LogP contribution is -2.43. The van der Waals surface area contributed by atoms with Crippen molar-refractivity contribution in [3.05, 3.63) is 59.2 Å². The van der Waals surface area contributed by atoms with Crippen molar-refractivity contribution >= 4 is 11.5 Å². The Morgan fingerprint density at radius 1 is 1.00 bits per heavy atom. The molecule has 0 amide bonds. The summed E-state index contributed by atoms with van der Waals surface area (Å²) in [4.78, 5) is 9.85. The molecule has 3 aliphatic rings. The highest BCUT2D eigenvalue weighted by Crippen LogP contribution is 2.61. The highest BCUT2D eigenvalue weighted by atomic mass is 19.1. The molecule has 1 heterocycles. The maximum Gasteiger partial charge on any atom is 0.184 e. The summed E-state index contributed by atoms with van der Waals surface area (Å²) >= 11 is 0. The maximum atomic E-state index is 13.8. The van der Waals surface area contributed by atoms with Gasteiger partial charge in [0.2, 0.25) is 0 Å². The smallest absolute Gasteiger partial charge is 0.184 e. The van der Waals surface area contributed by atoms with Crippen LogP contribution in [0.15, 0.2) is 46.4 Å². The number of rotatable bonds is 1. The van der Waals surface area contributed by atoms with E-state index in [1.165, 1.54) is 12.1 Å². The van der Waals surface area contributed by atoms with Crippen LogP contribution in [0.3, 0.4) is 0 Å². The molecule has 1 atom stereocenters. The Morgan fingerprint density at radius 3 is 2.31 bits per heavy atom. The molecule has 2 aromatic rings. The molecule has 0 saturated heterocycles. The first-order valence-electron chi connectivity index (χ1n) is 10.0. The van der Waals surface area contributed by atoms with Crippen LogP contribution >= 0.6 is 0 Å². The second-order valence-corrected chi connectivity index (χ2v) is 8.58. The summed E-state index contributed by atoms with van der Waals surface area (Å²) < 4.78 is 27.6. The zero-order valence-electron chi connectivity index (χ0n) is 16.3. The van der Waals surface area contributed by atoms with Gasteiger partial charge in [-0.2, -0.15) is 0 Å². The lowest BCUT2D eigenvalue weighted by molar-refractivity contribution is 0.0233. The molecule has 1 aliphatic heterocycles. The summed E-state index contributed by atoms with van der Waals surface area (Å²) in [6.45, 7) is 1.86. The Morgan fingerprint density at radius 2 is 1.69 bits per heavy atom. The van der Waals surface area contributed by atoms with Crippen molar-refractivity contribution in [3.63, 3.8) is 0 Å². The van der Waals surface area contributed by atoms with Crippen LogP contribution in [0.25, 0.3) is 11.1 Å². The van der Waals surface area contributed by atoms with Crippen LogP contribution in [0.4, 0.5) is 8.78 Å². The minimum Gasteiger partial charge on any atom is -0.393 e. The zero-order chi connectivity index (χ0) is 20.4. The minimum absolute atomic E-state index is 0.233. The molecule has 4 nitrogen and oxygen atoms in total. The number of hydrogen-bond acceptors (Lipinski definition) is 4. The van der Waals surface area contributed by atoms with E-state index in [0.29, 0.717) is 30.0 Å². The second-order valence-electron chi connectivity index (χ2n) is 8.58. The number of fused-ring (bicyclic) bond motifs is 3. The molecule has 150 valence electrons. The van der Waals surface area contributed by atoms with Crippen LogP contribution in [0.2, 0.25) is 0 Å². The number of amidine groups is 1. The summed E-state index contributed by atoms with van der Waals surface area (Å²) in [7, 11) is 0. The van der Waals surface area contributed by atoms with Gasteiger partial charge in [-0.3, -0.25) is 4.99 Å². The van der Waals surface area contributed by atoms with Crippen LogP contribution in [-0.4, -0.2) is 22.8 Å². The van der Waals surface area contributed by atoms with Crippen LogP contribution in [-0.2, 0) is 12.1 Å². The van der Waals surface area contributed by atoms with Crippen LogP contribution < -0.4 is 5.73 Å². The first-order valence-corrected chi connectivity index (χ1v) is 10.0. The third-order valence-corrected chi connectivity index (χ3v) is 6.84. The molecule has 2 aliphatic carbocycles. The van der Waals surface area contributed by atoms with Crippen molar-refractivity contribution in [2.45, 2.75) is 50.8 Å². The van der Waals surface area contributed by atoms with Crippen LogP contribution in [0.5, 0.6) is 0 Å². The van der Waals surface area contributed by atoms with E-state index in [9.17, 15) is 13.9 Å². The minimum atomic E-state index is -0.821. The van der Waals surface area contributed by atoms with E-state index in [1.807, 2.05) is 25.1 Å². The predicted octanol–water partition coefficient (Wildman–Crippen LogP) is 4.09. The van der Waals surface area contributed by atoms with E-state index < -0.39 is 17.3 Å². The average molecular weight is 395 g/mol. The van der Waals surface area contributed by atoms with Crippen molar-refractivity contribution < 1.29 is 13.9 Å². The highest BCUT2D eigenvalue weighted by Gasteiger charge is 2.60. The molecule has 2 spiro atoms. The van der Waals surface area contributed by atoms with Gasteiger partial charge in [0, 0.05) is 17.0 Å². The molecular formula is C23H23F2N3O. The third kappa shape index (κ3) is 2.65. The normalized spacial score (nSPS) is 30.6. The number of hydrogen-bond donors (Lipinski definition) is 2. The molecule has 1 unspecified atom stereocenters. The zero-order valence-corrected chi connectivity index (χ0v) is 16.3. The van der Waals surface area contributed by atoms with Gasteiger partial charge in [0.1, 0.15) is 17.5 Å². The molecule has 1 saturated carbocycles. The number of aliphatic hydroxyl groups is 1. The second kappa shape index (κ2) is 6.20. The molecule has 5 rings (SSSR count). The summed E-state index contributed by atoms with van der Waals surface area (Å²) in [6.07, 6.45) is 3.55. The van der Waals surface area contributed by atoms with E-state index in [2.05, 4.69) is 0 Å². The fraction of sp³-hybridized carbons (Fsp3) is 0.391. The summed E-state index contributed by atoms with van der Waals surface area (Å²) in [6, 6.07) is 9.42. The maximum absolute atomic E-state index is 13.8. The van der Waals surface area contributed by atoms with Gasteiger partial charge in [-0.25, -0.2) is 13.8 Å². The van der Waals surface area contributed by atoms with Crippen molar-refractivity contribution in [2.24, 2.45) is 21.1 Å². The first kappa shape index (κ1) is 18.4. The van der Waals surface area contributed by atoms with Gasteiger partial charge >= 0.3 is 0 Å². The van der Waals surface area contributed by atoms with Crippen LogP contribution in [0, 0.1) is 17.0 Å². The fourth-order valence-corrected chi connectivity index (χ4v) is 5.35. The Hall–Kier alpha value is -2.60. The summed E-state index contributed by atoms with van der Waals surface area (Å²) in [5.41, 5.74) is 9.12. The van der Waals surface area contributed by atoms with Gasteiger partial charge < -0.3 is 10.8 Å². The van der Waals surface area contributed by atoms with E-state index in [0.717, 1.165) is 42.0 Å². The molecule has 2 aromatic carbocycles. The van der Waals surface area contributed by atoms with Gasteiger partial charge in [0.15, 0.2) is 5.66 Å². The molecule has 29 heavy (non-hydrogen) atoms. The van der Waals surface area contributed by atoms with E-state index in [4.69, 9.17) is 15.7 Å². The highest BCUT2D eigenvalue weighted by molar-refractivity contribution is 6.41. The number of nitrogens with zero attached hydrogens (tertiary/aromatic N) is 2. The molecule has 3 N–H and O–H groups in total. The van der Waals surface area contributed by atoms with Gasteiger partial charge in [0.25, 0.3) is 0 Å². The molecule has 1 fully saturated rings. The Balaban J connectivity index is 1.68. The van der Waals surface area contributed by atoms with E-state index >= 15 is 0 Å². The Bertz CT molecular complexity index is 1030. The average Bonchev–Trinajstić information content (AvgIpc) is 3.11. The Kier molecular flexibility index (Phi) is 3.94. The molecule has 0 radical (unpaired) electrons. The van der Waals surface area contributed by atoms with Gasteiger partial charge in [-0.15, -0.1) is 0 Å². The fourth-order valence-electron chi connectivity index (χ4n) is 5.35. The van der Waals surface area contributed by atoms with E-state index in [1.54, 1.807) is 0 Å². The Labute approximate surface area is 168 Å². The summed E-state index contributed by atoms with van der Waals surface area (Å²) in [5, 5.41) is 10.1. The van der Waals surface area contributed by atoms with Gasteiger partial charge in [-0.1, -0.05) is 12.1 Å². The largest absolute Gasteiger partial charge is 0.393 e. The number of benzene rings is 2.